The van der Waals surface area contributed by atoms with Crippen LogP contribution in [0, 0.1) is 6.92 Å². The molecule has 1 amide bonds. The van der Waals surface area contributed by atoms with Crippen LogP contribution < -0.4 is 5.32 Å². The highest BCUT2D eigenvalue weighted by atomic mass is 35.5. The van der Waals surface area contributed by atoms with Crippen molar-refractivity contribution in [2.75, 3.05) is 7.11 Å². The van der Waals surface area contributed by atoms with Crippen LogP contribution in [-0.2, 0) is 9.53 Å². The zero-order valence-electron chi connectivity index (χ0n) is 14.1. The van der Waals surface area contributed by atoms with Gasteiger partial charge in [0.05, 0.1) is 18.5 Å². The number of aryl methyl sites for hydroxylation is 1. The topological polar surface area (TPSA) is 86.1 Å². The normalized spacial score (nSPS) is 15.8. The standard InChI is InChI=1S/C17H19ClN4O3/c1-11-14(21-22(20-11)13-7-5-6-12(18)10-13)15(23)19-17(16(24)25-2)8-3-4-9-17/h5-7,10H,3-4,8-9H2,1-2H3,(H,19,23). The average molecular weight is 363 g/mol. The van der Waals surface area contributed by atoms with Crippen molar-refractivity contribution < 1.29 is 14.3 Å². The first-order chi connectivity index (χ1) is 11.9. The number of esters is 1. The number of ether oxygens (including phenoxy) is 1. The predicted molar refractivity (Wildman–Crippen MR) is 91.8 cm³/mol. The van der Waals surface area contributed by atoms with Crippen molar-refractivity contribution in [3.05, 3.63) is 40.7 Å². The van der Waals surface area contributed by atoms with E-state index >= 15 is 0 Å². The Hall–Kier alpha value is -2.41. The number of nitrogens with one attached hydrogen (secondary N) is 1. The van der Waals surface area contributed by atoms with Crippen molar-refractivity contribution in [2.24, 2.45) is 0 Å². The van der Waals surface area contributed by atoms with Gasteiger partial charge in [0, 0.05) is 5.02 Å². The van der Waals surface area contributed by atoms with Gasteiger partial charge >= 0.3 is 5.97 Å². The van der Waals surface area contributed by atoms with Crippen LogP contribution in [0.5, 0.6) is 0 Å². The summed E-state index contributed by atoms with van der Waals surface area (Å²) >= 11 is 5.99. The Labute approximate surface area is 150 Å². The van der Waals surface area contributed by atoms with Crippen LogP contribution >= 0.6 is 11.6 Å². The Morgan fingerprint density at radius 1 is 1.28 bits per heavy atom. The summed E-state index contributed by atoms with van der Waals surface area (Å²) in [5, 5.41) is 11.9. The predicted octanol–water partition coefficient (Wildman–Crippen LogP) is 2.44. The van der Waals surface area contributed by atoms with E-state index in [-0.39, 0.29) is 5.69 Å². The lowest BCUT2D eigenvalue weighted by Gasteiger charge is -2.26. The van der Waals surface area contributed by atoms with Gasteiger partial charge in [-0.3, -0.25) is 4.79 Å². The summed E-state index contributed by atoms with van der Waals surface area (Å²) in [6.07, 6.45) is 2.85. The molecule has 132 valence electrons. The number of rotatable bonds is 4. The number of benzene rings is 1. The third-order valence-corrected chi connectivity index (χ3v) is 4.66. The van der Waals surface area contributed by atoms with Gasteiger partial charge in [0.1, 0.15) is 5.54 Å². The minimum absolute atomic E-state index is 0.176. The van der Waals surface area contributed by atoms with Crippen LogP contribution in [0.2, 0.25) is 5.02 Å². The zero-order valence-corrected chi connectivity index (χ0v) is 14.8. The quantitative estimate of drug-likeness (QED) is 0.844. The van der Waals surface area contributed by atoms with Crippen molar-refractivity contribution in [2.45, 2.75) is 38.1 Å². The maximum absolute atomic E-state index is 12.7. The average Bonchev–Trinajstić information content (AvgIpc) is 3.21. The maximum Gasteiger partial charge on any atom is 0.331 e. The Balaban J connectivity index is 1.86. The fourth-order valence-corrected chi connectivity index (χ4v) is 3.32. The summed E-state index contributed by atoms with van der Waals surface area (Å²) in [6, 6.07) is 7.02. The number of hydrogen-bond donors (Lipinski definition) is 1. The second-order valence-electron chi connectivity index (χ2n) is 6.14. The van der Waals surface area contributed by atoms with Crippen LogP contribution in [0.4, 0.5) is 0 Å². The molecule has 1 aromatic carbocycles. The molecule has 1 aliphatic carbocycles. The minimum Gasteiger partial charge on any atom is -0.467 e. The summed E-state index contributed by atoms with van der Waals surface area (Å²) in [5.41, 5.74) is 0.321. The fraction of sp³-hybridized carbons (Fsp3) is 0.412. The van der Waals surface area contributed by atoms with E-state index in [1.165, 1.54) is 11.9 Å². The molecular formula is C17H19ClN4O3. The summed E-state index contributed by atoms with van der Waals surface area (Å²) in [5.74, 6) is -0.851. The molecule has 0 aliphatic heterocycles. The van der Waals surface area contributed by atoms with Gasteiger partial charge in [-0.25, -0.2) is 4.79 Å². The van der Waals surface area contributed by atoms with Gasteiger partial charge in [-0.2, -0.15) is 9.90 Å². The molecule has 0 radical (unpaired) electrons. The first kappa shape index (κ1) is 17.4. The van der Waals surface area contributed by atoms with Gasteiger partial charge in [0.25, 0.3) is 5.91 Å². The molecule has 0 unspecified atom stereocenters. The van der Waals surface area contributed by atoms with Crippen molar-refractivity contribution in [1.29, 1.82) is 0 Å². The van der Waals surface area contributed by atoms with E-state index in [2.05, 4.69) is 15.5 Å². The molecule has 25 heavy (non-hydrogen) atoms. The van der Waals surface area contributed by atoms with E-state index in [4.69, 9.17) is 16.3 Å². The summed E-state index contributed by atoms with van der Waals surface area (Å²) in [6.45, 7) is 1.70. The van der Waals surface area contributed by atoms with E-state index in [1.807, 2.05) is 0 Å². The second-order valence-corrected chi connectivity index (χ2v) is 6.57. The first-order valence-electron chi connectivity index (χ1n) is 8.06. The molecule has 0 atom stereocenters. The van der Waals surface area contributed by atoms with Gasteiger partial charge < -0.3 is 10.1 Å². The van der Waals surface area contributed by atoms with E-state index in [0.717, 1.165) is 12.8 Å². The third kappa shape index (κ3) is 3.37. The maximum atomic E-state index is 12.7. The molecule has 1 N–H and O–H groups in total. The number of methoxy groups -OCH3 is 1. The minimum atomic E-state index is -0.974. The first-order valence-corrected chi connectivity index (χ1v) is 8.44. The van der Waals surface area contributed by atoms with Crippen LogP contribution in [0.25, 0.3) is 5.69 Å². The fourth-order valence-electron chi connectivity index (χ4n) is 3.14. The van der Waals surface area contributed by atoms with Crippen LogP contribution in [0.1, 0.15) is 41.9 Å². The van der Waals surface area contributed by atoms with Crippen LogP contribution in [0.15, 0.2) is 24.3 Å². The molecular weight excluding hydrogens is 344 g/mol. The number of aromatic nitrogens is 3. The largest absolute Gasteiger partial charge is 0.467 e. The van der Waals surface area contributed by atoms with Gasteiger partial charge in [-0.15, -0.1) is 5.10 Å². The number of amides is 1. The highest BCUT2D eigenvalue weighted by Gasteiger charge is 2.44. The van der Waals surface area contributed by atoms with E-state index in [0.29, 0.717) is 29.2 Å². The molecule has 1 aromatic heterocycles. The molecule has 8 heteroatoms. The number of nitrogens with zero attached hydrogens (tertiary/aromatic N) is 3. The Morgan fingerprint density at radius 2 is 2.00 bits per heavy atom. The SMILES string of the molecule is COC(=O)C1(NC(=O)c2nn(-c3cccc(Cl)c3)nc2C)CCCC1. The monoisotopic (exact) mass is 362 g/mol. The summed E-state index contributed by atoms with van der Waals surface area (Å²) in [7, 11) is 1.33. The second kappa shape index (κ2) is 6.84. The lowest BCUT2D eigenvalue weighted by Crippen LogP contribution is -2.53. The van der Waals surface area contributed by atoms with Crippen molar-refractivity contribution in [3.63, 3.8) is 0 Å². The van der Waals surface area contributed by atoms with E-state index in [1.54, 1.807) is 31.2 Å². The van der Waals surface area contributed by atoms with Crippen molar-refractivity contribution in [3.8, 4) is 5.69 Å². The van der Waals surface area contributed by atoms with Crippen molar-refractivity contribution >= 4 is 23.5 Å². The lowest BCUT2D eigenvalue weighted by molar-refractivity contribution is -0.148. The van der Waals surface area contributed by atoms with Crippen LogP contribution in [-0.4, -0.2) is 39.5 Å². The molecule has 7 nitrogen and oxygen atoms in total. The Kier molecular flexibility index (Phi) is 4.76. The van der Waals surface area contributed by atoms with Gasteiger partial charge in [-0.1, -0.05) is 30.5 Å². The van der Waals surface area contributed by atoms with E-state index in [9.17, 15) is 9.59 Å². The number of carbonyl (C=O) groups excluding carboxylic acids is 2. The molecule has 3 rings (SSSR count). The Morgan fingerprint density at radius 3 is 2.64 bits per heavy atom. The molecule has 0 spiro atoms. The third-order valence-electron chi connectivity index (χ3n) is 4.42. The molecule has 1 heterocycles. The van der Waals surface area contributed by atoms with Crippen LogP contribution in [0.3, 0.4) is 0 Å². The summed E-state index contributed by atoms with van der Waals surface area (Å²) < 4.78 is 4.88. The molecule has 1 aliphatic rings. The van der Waals surface area contributed by atoms with E-state index < -0.39 is 17.4 Å². The number of carbonyl (C=O) groups is 2. The molecule has 1 saturated carbocycles. The van der Waals surface area contributed by atoms with Crippen molar-refractivity contribution in [1.82, 2.24) is 20.3 Å². The molecule has 0 bridgehead atoms. The van der Waals surface area contributed by atoms with Gasteiger partial charge in [-0.05, 0) is 38.0 Å². The number of halogens is 1. The lowest BCUT2D eigenvalue weighted by atomic mass is 9.97. The van der Waals surface area contributed by atoms with Gasteiger partial charge in [0.2, 0.25) is 0 Å². The molecule has 0 saturated heterocycles. The summed E-state index contributed by atoms with van der Waals surface area (Å²) in [4.78, 5) is 26.2. The molecule has 2 aromatic rings. The highest BCUT2D eigenvalue weighted by Crippen LogP contribution is 2.31. The Bertz CT molecular complexity index is 812. The smallest absolute Gasteiger partial charge is 0.331 e. The highest BCUT2D eigenvalue weighted by molar-refractivity contribution is 6.30. The zero-order chi connectivity index (χ0) is 18.0. The molecule has 1 fully saturated rings. The van der Waals surface area contributed by atoms with Gasteiger partial charge in [0.15, 0.2) is 5.69 Å². The number of hydrogen-bond acceptors (Lipinski definition) is 5.